The number of anilines is 1. The molecule has 1 heterocycles. The van der Waals surface area contributed by atoms with E-state index in [0.29, 0.717) is 18.5 Å². The Balaban J connectivity index is 2.34. The third kappa shape index (κ3) is 1.84. The minimum absolute atomic E-state index is 0.171. The summed E-state index contributed by atoms with van der Waals surface area (Å²) in [6.07, 6.45) is 0.779. The summed E-state index contributed by atoms with van der Waals surface area (Å²) in [6.45, 7) is 1.95. The van der Waals surface area contributed by atoms with Crippen molar-refractivity contribution in [2.75, 3.05) is 4.90 Å². The van der Waals surface area contributed by atoms with Crippen molar-refractivity contribution < 1.29 is 9.59 Å². The SMILES string of the molecule is Cc1ccc(N2C(=O)CCC(N)C2=O)cc1. The van der Waals surface area contributed by atoms with Crippen LogP contribution in [-0.2, 0) is 9.59 Å². The number of aryl methyl sites for hydroxylation is 1. The van der Waals surface area contributed by atoms with Gasteiger partial charge in [-0.1, -0.05) is 17.7 Å². The van der Waals surface area contributed by atoms with Crippen molar-refractivity contribution in [1.29, 1.82) is 0 Å². The first kappa shape index (κ1) is 10.8. The van der Waals surface area contributed by atoms with Crippen molar-refractivity contribution >= 4 is 17.5 Å². The fraction of sp³-hybridized carbons (Fsp3) is 0.333. The third-order valence-electron chi connectivity index (χ3n) is 2.75. The van der Waals surface area contributed by atoms with Gasteiger partial charge in [-0.05, 0) is 25.5 Å². The van der Waals surface area contributed by atoms with Crippen LogP contribution in [0.3, 0.4) is 0 Å². The van der Waals surface area contributed by atoms with Crippen LogP contribution in [0.4, 0.5) is 5.69 Å². The number of nitrogens with zero attached hydrogens (tertiary/aromatic N) is 1. The quantitative estimate of drug-likeness (QED) is 0.714. The number of nitrogens with two attached hydrogens (primary N) is 1. The summed E-state index contributed by atoms with van der Waals surface area (Å²) in [5, 5.41) is 0. The molecule has 1 atom stereocenters. The standard InChI is InChI=1S/C12H14N2O2/c1-8-2-4-9(5-3-8)14-11(15)7-6-10(13)12(14)16/h2-5,10H,6-7,13H2,1H3. The summed E-state index contributed by atoms with van der Waals surface area (Å²) < 4.78 is 0. The predicted molar refractivity (Wildman–Crippen MR) is 60.9 cm³/mol. The third-order valence-corrected chi connectivity index (χ3v) is 2.75. The van der Waals surface area contributed by atoms with Gasteiger partial charge in [-0.25, -0.2) is 4.90 Å². The Bertz CT molecular complexity index is 425. The summed E-state index contributed by atoms with van der Waals surface area (Å²) in [4.78, 5) is 24.7. The zero-order valence-corrected chi connectivity index (χ0v) is 9.14. The number of amides is 2. The summed E-state index contributed by atoms with van der Waals surface area (Å²) in [5.74, 6) is -0.476. The molecule has 2 rings (SSSR count). The van der Waals surface area contributed by atoms with E-state index in [1.165, 1.54) is 4.90 Å². The van der Waals surface area contributed by atoms with E-state index in [4.69, 9.17) is 5.73 Å². The van der Waals surface area contributed by atoms with Crippen LogP contribution < -0.4 is 10.6 Å². The van der Waals surface area contributed by atoms with E-state index in [1.54, 1.807) is 12.1 Å². The number of carbonyl (C=O) groups excluding carboxylic acids is 2. The molecule has 0 aromatic heterocycles. The van der Waals surface area contributed by atoms with Crippen molar-refractivity contribution in [1.82, 2.24) is 0 Å². The Morgan fingerprint density at radius 3 is 2.50 bits per heavy atom. The second kappa shape index (κ2) is 4.06. The monoisotopic (exact) mass is 218 g/mol. The molecule has 4 heteroatoms. The topological polar surface area (TPSA) is 63.4 Å². The van der Waals surface area contributed by atoms with Crippen molar-refractivity contribution in [2.24, 2.45) is 5.73 Å². The fourth-order valence-corrected chi connectivity index (χ4v) is 1.77. The Labute approximate surface area is 94.0 Å². The van der Waals surface area contributed by atoms with Gasteiger partial charge < -0.3 is 5.73 Å². The first-order valence-electron chi connectivity index (χ1n) is 5.28. The van der Waals surface area contributed by atoms with Crippen LogP contribution in [0.2, 0.25) is 0 Å². The van der Waals surface area contributed by atoms with Gasteiger partial charge in [0.1, 0.15) is 0 Å². The summed E-state index contributed by atoms with van der Waals surface area (Å²) in [7, 11) is 0. The van der Waals surface area contributed by atoms with Crippen LogP contribution in [0.1, 0.15) is 18.4 Å². The smallest absolute Gasteiger partial charge is 0.250 e. The Kier molecular flexibility index (Phi) is 2.75. The maximum absolute atomic E-state index is 11.8. The van der Waals surface area contributed by atoms with Gasteiger partial charge in [-0.2, -0.15) is 0 Å². The molecule has 2 N–H and O–H groups in total. The molecule has 1 saturated heterocycles. The lowest BCUT2D eigenvalue weighted by molar-refractivity contribution is -0.130. The molecule has 4 nitrogen and oxygen atoms in total. The Morgan fingerprint density at radius 1 is 1.25 bits per heavy atom. The Morgan fingerprint density at radius 2 is 1.88 bits per heavy atom. The molecule has 2 amide bonds. The molecule has 1 aliphatic heterocycles. The van der Waals surface area contributed by atoms with E-state index in [0.717, 1.165) is 5.56 Å². The number of rotatable bonds is 1. The normalized spacial score (nSPS) is 21.4. The van der Waals surface area contributed by atoms with Gasteiger partial charge in [0, 0.05) is 6.42 Å². The van der Waals surface area contributed by atoms with Gasteiger partial charge in [0.25, 0.3) is 5.91 Å². The van der Waals surface area contributed by atoms with Crippen LogP contribution in [0, 0.1) is 6.92 Å². The van der Waals surface area contributed by atoms with E-state index in [9.17, 15) is 9.59 Å². The Hall–Kier alpha value is -1.68. The molecule has 0 bridgehead atoms. The number of piperidine rings is 1. The average Bonchev–Trinajstić information content (AvgIpc) is 2.27. The second-order valence-corrected chi connectivity index (χ2v) is 4.05. The molecule has 0 aliphatic carbocycles. The molecule has 1 aromatic rings. The zero-order valence-electron chi connectivity index (χ0n) is 9.14. The fourth-order valence-electron chi connectivity index (χ4n) is 1.77. The highest BCUT2D eigenvalue weighted by Crippen LogP contribution is 2.21. The molecule has 0 spiro atoms. The lowest BCUT2D eigenvalue weighted by Crippen LogP contribution is -2.51. The van der Waals surface area contributed by atoms with Crippen molar-refractivity contribution in [3.05, 3.63) is 29.8 Å². The summed E-state index contributed by atoms with van der Waals surface area (Å²) in [6, 6.07) is 6.72. The van der Waals surface area contributed by atoms with Crippen molar-refractivity contribution in [3.8, 4) is 0 Å². The lowest BCUT2D eigenvalue weighted by Gasteiger charge is -2.28. The first-order chi connectivity index (χ1) is 7.59. The van der Waals surface area contributed by atoms with E-state index in [1.807, 2.05) is 19.1 Å². The van der Waals surface area contributed by atoms with E-state index >= 15 is 0 Å². The minimum atomic E-state index is -0.556. The maximum atomic E-state index is 11.8. The van der Waals surface area contributed by atoms with Gasteiger partial charge in [0.2, 0.25) is 5.91 Å². The maximum Gasteiger partial charge on any atom is 0.250 e. The van der Waals surface area contributed by atoms with E-state index < -0.39 is 6.04 Å². The van der Waals surface area contributed by atoms with Gasteiger partial charge in [-0.3, -0.25) is 9.59 Å². The molecule has 0 saturated carbocycles. The predicted octanol–water partition coefficient (Wildman–Crippen LogP) is 0.976. The molecule has 0 radical (unpaired) electrons. The second-order valence-electron chi connectivity index (χ2n) is 4.05. The molecular formula is C12H14N2O2. The van der Waals surface area contributed by atoms with E-state index in [-0.39, 0.29) is 11.8 Å². The number of hydrogen-bond donors (Lipinski definition) is 1. The molecule has 84 valence electrons. The van der Waals surface area contributed by atoms with Gasteiger partial charge in [0.05, 0.1) is 11.7 Å². The van der Waals surface area contributed by atoms with Crippen LogP contribution >= 0.6 is 0 Å². The number of imide groups is 1. The number of hydrogen-bond acceptors (Lipinski definition) is 3. The van der Waals surface area contributed by atoms with Crippen molar-refractivity contribution in [3.63, 3.8) is 0 Å². The highest BCUT2D eigenvalue weighted by Gasteiger charge is 2.32. The molecule has 1 aliphatic rings. The largest absolute Gasteiger partial charge is 0.320 e. The summed E-state index contributed by atoms with van der Waals surface area (Å²) in [5.41, 5.74) is 7.35. The van der Waals surface area contributed by atoms with Crippen molar-refractivity contribution in [2.45, 2.75) is 25.8 Å². The molecule has 16 heavy (non-hydrogen) atoms. The average molecular weight is 218 g/mol. The summed E-state index contributed by atoms with van der Waals surface area (Å²) >= 11 is 0. The molecule has 1 aromatic carbocycles. The van der Waals surface area contributed by atoms with Gasteiger partial charge in [0.15, 0.2) is 0 Å². The molecular weight excluding hydrogens is 204 g/mol. The van der Waals surface area contributed by atoms with E-state index in [2.05, 4.69) is 0 Å². The van der Waals surface area contributed by atoms with Gasteiger partial charge in [-0.15, -0.1) is 0 Å². The number of carbonyl (C=O) groups is 2. The van der Waals surface area contributed by atoms with Crippen LogP contribution in [-0.4, -0.2) is 17.9 Å². The van der Waals surface area contributed by atoms with Gasteiger partial charge >= 0.3 is 0 Å². The lowest BCUT2D eigenvalue weighted by atomic mass is 10.0. The molecule has 1 fully saturated rings. The highest BCUT2D eigenvalue weighted by atomic mass is 16.2. The highest BCUT2D eigenvalue weighted by molar-refractivity contribution is 6.18. The minimum Gasteiger partial charge on any atom is -0.320 e. The van der Waals surface area contributed by atoms with Crippen LogP contribution in [0.15, 0.2) is 24.3 Å². The van der Waals surface area contributed by atoms with Crippen LogP contribution in [0.5, 0.6) is 0 Å². The first-order valence-corrected chi connectivity index (χ1v) is 5.28. The zero-order chi connectivity index (χ0) is 11.7. The van der Waals surface area contributed by atoms with Crippen LogP contribution in [0.25, 0.3) is 0 Å². The molecule has 1 unspecified atom stereocenters. The number of benzene rings is 1.